The fraction of sp³-hybridized carbons (Fsp3) is 0.407. The standard InChI is InChI=1S/C27H33NO8/c1-19(2)17-21-7-11-23(12-8-21)20(3)27(30)36-24-13-9-22(18-25(24)33-4)10-14-26(29)34-15-5-6-16-35-28(31)32/h7-14,18-20H,5-6,15-17H2,1-4H3/b14-10+. The number of hydrogen-bond acceptors (Lipinski definition) is 8. The molecule has 0 amide bonds. The number of methoxy groups -OCH3 is 1. The Labute approximate surface area is 211 Å². The van der Waals surface area contributed by atoms with Gasteiger partial charge in [-0.25, -0.2) is 4.79 Å². The van der Waals surface area contributed by atoms with Crippen molar-refractivity contribution in [3.63, 3.8) is 0 Å². The smallest absolute Gasteiger partial charge is 0.330 e. The highest BCUT2D eigenvalue weighted by atomic mass is 16.9. The molecule has 1 atom stereocenters. The molecule has 194 valence electrons. The predicted molar refractivity (Wildman–Crippen MR) is 134 cm³/mol. The molecule has 0 aromatic heterocycles. The summed E-state index contributed by atoms with van der Waals surface area (Å²) in [6.45, 7) is 6.21. The third-order valence-electron chi connectivity index (χ3n) is 5.27. The van der Waals surface area contributed by atoms with Crippen LogP contribution < -0.4 is 9.47 Å². The summed E-state index contributed by atoms with van der Waals surface area (Å²) in [5, 5.41) is 9.20. The van der Waals surface area contributed by atoms with Crippen molar-refractivity contribution in [1.29, 1.82) is 0 Å². The number of hydrogen-bond donors (Lipinski definition) is 0. The molecule has 0 fully saturated rings. The van der Waals surface area contributed by atoms with E-state index in [-0.39, 0.29) is 19.0 Å². The number of ether oxygens (including phenoxy) is 3. The largest absolute Gasteiger partial charge is 0.493 e. The van der Waals surface area contributed by atoms with Gasteiger partial charge in [0.2, 0.25) is 0 Å². The van der Waals surface area contributed by atoms with Gasteiger partial charge in [0.1, 0.15) is 0 Å². The van der Waals surface area contributed by atoms with Crippen LogP contribution in [0.1, 0.15) is 56.2 Å². The van der Waals surface area contributed by atoms with Crippen molar-refractivity contribution in [3.05, 3.63) is 75.3 Å². The van der Waals surface area contributed by atoms with Crippen LogP contribution in [0.3, 0.4) is 0 Å². The molecule has 2 rings (SSSR count). The van der Waals surface area contributed by atoms with Crippen LogP contribution in [0, 0.1) is 16.0 Å². The highest BCUT2D eigenvalue weighted by molar-refractivity contribution is 5.87. The molecule has 0 bridgehead atoms. The average molecular weight is 500 g/mol. The Morgan fingerprint density at radius 2 is 1.69 bits per heavy atom. The lowest BCUT2D eigenvalue weighted by Crippen LogP contribution is -2.16. The highest BCUT2D eigenvalue weighted by Gasteiger charge is 2.19. The van der Waals surface area contributed by atoms with Crippen molar-refractivity contribution in [3.8, 4) is 11.5 Å². The topological polar surface area (TPSA) is 114 Å². The number of esters is 2. The van der Waals surface area contributed by atoms with Crippen LogP contribution in [0.4, 0.5) is 0 Å². The van der Waals surface area contributed by atoms with E-state index in [9.17, 15) is 19.7 Å². The first-order valence-electron chi connectivity index (χ1n) is 11.8. The summed E-state index contributed by atoms with van der Waals surface area (Å²) >= 11 is 0. The molecule has 2 aromatic rings. The van der Waals surface area contributed by atoms with Gasteiger partial charge in [0.25, 0.3) is 5.09 Å². The first kappa shape index (κ1) is 28.4. The average Bonchev–Trinajstić information content (AvgIpc) is 2.84. The molecule has 1 unspecified atom stereocenters. The number of carbonyl (C=O) groups is 2. The lowest BCUT2D eigenvalue weighted by molar-refractivity contribution is -0.757. The van der Waals surface area contributed by atoms with E-state index in [0.717, 1.165) is 12.0 Å². The zero-order chi connectivity index (χ0) is 26.5. The SMILES string of the molecule is COc1cc(/C=C/C(=O)OCCCCO[N+](=O)[O-])ccc1OC(=O)C(C)c1ccc(CC(C)C)cc1. The van der Waals surface area contributed by atoms with Gasteiger partial charge in [0, 0.05) is 6.08 Å². The summed E-state index contributed by atoms with van der Waals surface area (Å²) in [4.78, 5) is 38.9. The fourth-order valence-corrected chi connectivity index (χ4v) is 3.35. The molecule has 0 N–H and O–H groups in total. The van der Waals surface area contributed by atoms with Crippen LogP contribution in [0.2, 0.25) is 0 Å². The van der Waals surface area contributed by atoms with E-state index in [1.54, 1.807) is 31.2 Å². The van der Waals surface area contributed by atoms with E-state index in [1.165, 1.54) is 18.7 Å². The molecule has 0 saturated heterocycles. The Bertz CT molecular complexity index is 1050. The summed E-state index contributed by atoms with van der Waals surface area (Å²) in [5.41, 5.74) is 2.75. The van der Waals surface area contributed by atoms with Crippen molar-refractivity contribution >= 4 is 18.0 Å². The number of unbranched alkanes of at least 4 members (excludes halogenated alkanes) is 1. The molecular formula is C27H33NO8. The van der Waals surface area contributed by atoms with Crippen molar-refractivity contribution in [1.82, 2.24) is 0 Å². The van der Waals surface area contributed by atoms with Gasteiger partial charge in [-0.1, -0.05) is 44.2 Å². The van der Waals surface area contributed by atoms with Crippen LogP contribution in [-0.4, -0.2) is 37.3 Å². The summed E-state index contributed by atoms with van der Waals surface area (Å²) in [5.74, 6) is -0.216. The molecule has 0 spiro atoms. The van der Waals surface area contributed by atoms with E-state index in [4.69, 9.17) is 14.2 Å². The van der Waals surface area contributed by atoms with Crippen molar-refractivity contribution in [2.75, 3.05) is 20.3 Å². The van der Waals surface area contributed by atoms with Crippen LogP contribution >= 0.6 is 0 Å². The Morgan fingerprint density at radius 3 is 2.33 bits per heavy atom. The van der Waals surface area contributed by atoms with E-state index in [0.29, 0.717) is 30.1 Å². The molecule has 0 aliphatic carbocycles. The second kappa shape index (κ2) is 14.5. The number of benzene rings is 2. The Hall–Kier alpha value is -3.88. The summed E-state index contributed by atoms with van der Waals surface area (Å²) < 4.78 is 16.0. The molecular weight excluding hydrogens is 466 g/mol. The van der Waals surface area contributed by atoms with E-state index < -0.39 is 22.9 Å². The Morgan fingerprint density at radius 1 is 1.00 bits per heavy atom. The van der Waals surface area contributed by atoms with Gasteiger partial charge in [-0.2, -0.15) is 0 Å². The molecule has 2 aromatic carbocycles. The molecule has 9 heteroatoms. The van der Waals surface area contributed by atoms with E-state index >= 15 is 0 Å². The zero-order valence-corrected chi connectivity index (χ0v) is 21.1. The van der Waals surface area contributed by atoms with E-state index in [2.05, 4.69) is 18.7 Å². The minimum Gasteiger partial charge on any atom is -0.493 e. The third-order valence-corrected chi connectivity index (χ3v) is 5.27. The van der Waals surface area contributed by atoms with Crippen LogP contribution in [-0.2, 0) is 25.6 Å². The second-order valence-electron chi connectivity index (χ2n) is 8.66. The maximum Gasteiger partial charge on any atom is 0.330 e. The monoisotopic (exact) mass is 499 g/mol. The van der Waals surface area contributed by atoms with Crippen LogP contribution in [0.15, 0.2) is 48.5 Å². The number of nitrogens with zero attached hydrogens (tertiary/aromatic N) is 1. The normalized spacial score (nSPS) is 11.8. The third kappa shape index (κ3) is 9.77. The summed E-state index contributed by atoms with van der Waals surface area (Å²) in [6.07, 6.45) is 4.64. The molecule has 36 heavy (non-hydrogen) atoms. The van der Waals surface area contributed by atoms with Crippen LogP contribution in [0.25, 0.3) is 6.08 Å². The zero-order valence-electron chi connectivity index (χ0n) is 21.1. The van der Waals surface area contributed by atoms with Gasteiger partial charge in [0.15, 0.2) is 11.5 Å². The summed E-state index contributed by atoms with van der Waals surface area (Å²) in [6, 6.07) is 12.9. The lowest BCUT2D eigenvalue weighted by atomic mass is 9.97. The first-order chi connectivity index (χ1) is 17.2. The number of rotatable bonds is 14. The predicted octanol–water partition coefficient (Wildman–Crippen LogP) is 5.15. The second-order valence-corrected chi connectivity index (χ2v) is 8.66. The minimum atomic E-state index is -0.859. The molecule has 0 aliphatic rings. The van der Waals surface area contributed by atoms with Crippen molar-refractivity contribution < 1.29 is 33.7 Å². The van der Waals surface area contributed by atoms with Crippen LogP contribution in [0.5, 0.6) is 11.5 Å². The maximum absolute atomic E-state index is 12.7. The molecule has 0 saturated carbocycles. The van der Waals surface area contributed by atoms with E-state index in [1.807, 2.05) is 24.3 Å². The Balaban J connectivity index is 1.91. The Kier molecular flexibility index (Phi) is 11.4. The van der Waals surface area contributed by atoms with Gasteiger partial charge < -0.3 is 19.0 Å². The van der Waals surface area contributed by atoms with Crippen molar-refractivity contribution in [2.45, 2.75) is 46.0 Å². The van der Waals surface area contributed by atoms with Gasteiger partial charge in [-0.15, -0.1) is 10.1 Å². The quantitative estimate of drug-likeness (QED) is 0.0876. The lowest BCUT2D eigenvalue weighted by Gasteiger charge is -2.15. The molecule has 0 aliphatic heterocycles. The first-order valence-corrected chi connectivity index (χ1v) is 11.8. The molecule has 9 nitrogen and oxygen atoms in total. The fourth-order valence-electron chi connectivity index (χ4n) is 3.35. The van der Waals surface area contributed by atoms with Crippen molar-refractivity contribution in [2.24, 2.45) is 5.92 Å². The van der Waals surface area contributed by atoms with Gasteiger partial charge >= 0.3 is 11.9 Å². The van der Waals surface area contributed by atoms with Gasteiger partial charge in [-0.05, 0) is 67.0 Å². The van der Waals surface area contributed by atoms with Gasteiger partial charge in [-0.3, -0.25) is 4.79 Å². The maximum atomic E-state index is 12.7. The minimum absolute atomic E-state index is 0.0412. The summed E-state index contributed by atoms with van der Waals surface area (Å²) in [7, 11) is 1.47. The number of carbonyl (C=O) groups excluding carboxylic acids is 2. The van der Waals surface area contributed by atoms with Gasteiger partial charge in [0.05, 0.1) is 26.2 Å². The molecule has 0 heterocycles. The highest BCUT2D eigenvalue weighted by Crippen LogP contribution is 2.30. The molecule has 0 radical (unpaired) electrons.